The fraction of sp³-hybridized carbons (Fsp3) is 0.462. The standard InChI is InChI=1S/C13H18FNO3/c1-9-8-10(14)4-5-11(9)18-7-6-13(2,15-3)12(16)17/h4-5,8,15H,6-7H2,1-3H3,(H,16,17). The monoisotopic (exact) mass is 255 g/mol. The summed E-state index contributed by atoms with van der Waals surface area (Å²) in [6, 6.07) is 4.24. The second kappa shape index (κ2) is 5.82. The van der Waals surface area contributed by atoms with Crippen molar-refractivity contribution in [2.75, 3.05) is 13.7 Å². The van der Waals surface area contributed by atoms with Crippen LogP contribution in [0.25, 0.3) is 0 Å². The van der Waals surface area contributed by atoms with Crippen LogP contribution in [0.3, 0.4) is 0 Å². The molecule has 18 heavy (non-hydrogen) atoms. The summed E-state index contributed by atoms with van der Waals surface area (Å²) < 4.78 is 18.3. The number of aliphatic carboxylic acids is 1. The van der Waals surface area contributed by atoms with Gasteiger partial charge in [0.2, 0.25) is 0 Å². The molecule has 1 atom stereocenters. The molecule has 0 amide bonds. The highest BCUT2D eigenvalue weighted by Crippen LogP contribution is 2.19. The molecule has 4 nitrogen and oxygen atoms in total. The van der Waals surface area contributed by atoms with Crippen LogP contribution in [-0.2, 0) is 4.79 Å². The zero-order valence-corrected chi connectivity index (χ0v) is 10.8. The van der Waals surface area contributed by atoms with Gasteiger partial charge in [-0.2, -0.15) is 0 Å². The van der Waals surface area contributed by atoms with E-state index in [-0.39, 0.29) is 12.4 Å². The Morgan fingerprint density at radius 1 is 1.56 bits per heavy atom. The smallest absolute Gasteiger partial charge is 0.323 e. The lowest BCUT2D eigenvalue weighted by atomic mass is 9.99. The van der Waals surface area contributed by atoms with Crippen LogP contribution in [0, 0.1) is 12.7 Å². The van der Waals surface area contributed by atoms with Gasteiger partial charge in [0, 0.05) is 6.42 Å². The van der Waals surface area contributed by atoms with Gasteiger partial charge in [-0.15, -0.1) is 0 Å². The largest absolute Gasteiger partial charge is 0.493 e. The van der Waals surface area contributed by atoms with Gasteiger partial charge in [-0.1, -0.05) is 0 Å². The molecule has 0 saturated carbocycles. The highest BCUT2D eigenvalue weighted by Gasteiger charge is 2.30. The van der Waals surface area contributed by atoms with Gasteiger partial charge in [0.05, 0.1) is 6.61 Å². The zero-order chi connectivity index (χ0) is 13.8. The van der Waals surface area contributed by atoms with Crippen LogP contribution in [0.2, 0.25) is 0 Å². The SMILES string of the molecule is CNC(C)(CCOc1ccc(F)cc1C)C(=O)O. The number of hydrogen-bond acceptors (Lipinski definition) is 3. The summed E-state index contributed by atoms with van der Waals surface area (Å²) in [5.41, 5.74) is -0.329. The van der Waals surface area contributed by atoms with Gasteiger partial charge in [-0.3, -0.25) is 4.79 Å². The third-order valence-corrected chi connectivity index (χ3v) is 3.02. The van der Waals surface area contributed by atoms with E-state index in [1.165, 1.54) is 12.1 Å². The maximum absolute atomic E-state index is 12.9. The zero-order valence-electron chi connectivity index (χ0n) is 10.8. The molecular formula is C13H18FNO3. The third-order valence-electron chi connectivity index (χ3n) is 3.02. The van der Waals surface area contributed by atoms with Gasteiger partial charge < -0.3 is 15.2 Å². The fourth-order valence-electron chi connectivity index (χ4n) is 1.48. The molecule has 0 aliphatic heterocycles. The van der Waals surface area contributed by atoms with E-state index >= 15 is 0 Å². The van der Waals surface area contributed by atoms with Crippen molar-refractivity contribution in [2.24, 2.45) is 0 Å². The molecule has 0 heterocycles. The Morgan fingerprint density at radius 3 is 2.72 bits per heavy atom. The van der Waals surface area contributed by atoms with Crippen LogP contribution in [0.5, 0.6) is 5.75 Å². The average molecular weight is 255 g/mol. The molecule has 1 aromatic rings. The fourth-order valence-corrected chi connectivity index (χ4v) is 1.48. The minimum Gasteiger partial charge on any atom is -0.493 e. The minimum atomic E-state index is -1.02. The molecule has 0 aliphatic rings. The van der Waals surface area contributed by atoms with Crippen molar-refractivity contribution in [1.29, 1.82) is 0 Å². The maximum Gasteiger partial charge on any atom is 0.323 e. The Labute approximate surface area is 106 Å². The first-order valence-corrected chi connectivity index (χ1v) is 5.70. The Morgan fingerprint density at radius 2 is 2.22 bits per heavy atom. The normalized spacial score (nSPS) is 14.0. The molecule has 1 unspecified atom stereocenters. The first-order chi connectivity index (χ1) is 8.39. The van der Waals surface area contributed by atoms with E-state index in [4.69, 9.17) is 9.84 Å². The molecule has 0 saturated heterocycles. The number of carboxylic acid groups (broad SMARTS) is 1. The summed E-state index contributed by atoms with van der Waals surface area (Å²) in [7, 11) is 1.59. The number of carboxylic acids is 1. The van der Waals surface area contributed by atoms with Crippen molar-refractivity contribution < 1.29 is 19.0 Å². The number of carbonyl (C=O) groups is 1. The Hall–Kier alpha value is -1.62. The number of nitrogens with one attached hydrogen (secondary N) is 1. The summed E-state index contributed by atoms with van der Waals surface area (Å²) in [6.45, 7) is 3.58. The summed E-state index contributed by atoms with van der Waals surface area (Å²) >= 11 is 0. The summed E-state index contributed by atoms with van der Waals surface area (Å²) in [5.74, 6) is -0.671. The lowest BCUT2D eigenvalue weighted by Gasteiger charge is -2.24. The van der Waals surface area contributed by atoms with E-state index in [0.717, 1.165) is 0 Å². The Kier molecular flexibility index (Phi) is 4.67. The molecule has 2 N–H and O–H groups in total. The molecule has 0 aromatic heterocycles. The molecule has 0 spiro atoms. The van der Waals surface area contributed by atoms with E-state index in [0.29, 0.717) is 17.7 Å². The second-order valence-corrected chi connectivity index (χ2v) is 4.40. The molecule has 1 aromatic carbocycles. The van der Waals surface area contributed by atoms with E-state index in [1.54, 1.807) is 27.0 Å². The van der Waals surface area contributed by atoms with E-state index in [1.807, 2.05) is 0 Å². The Balaban J connectivity index is 2.58. The summed E-state index contributed by atoms with van der Waals surface area (Å²) in [4.78, 5) is 11.0. The number of aryl methyl sites for hydroxylation is 1. The van der Waals surface area contributed by atoms with Crippen molar-refractivity contribution >= 4 is 5.97 Å². The topological polar surface area (TPSA) is 58.6 Å². The predicted molar refractivity (Wildman–Crippen MR) is 66.3 cm³/mol. The molecule has 100 valence electrons. The van der Waals surface area contributed by atoms with Crippen LogP contribution in [0.1, 0.15) is 18.9 Å². The lowest BCUT2D eigenvalue weighted by molar-refractivity contribution is -0.144. The van der Waals surface area contributed by atoms with Crippen molar-refractivity contribution in [3.8, 4) is 5.75 Å². The molecule has 1 rings (SSSR count). The second-order valence-electron chi connectivity index (χ2n) is 4.40. The molecule has 0 aliphatic carbocycles. The molecule has 0 bridgehead atoms. The summed E-state index contributed by atoms with van der Waals surface area (Å²) in [6.07, 6.45) is 0.315. The van der Waals surface area contributed by atoms with E-state index in [9.17, 15) is 9.18 Å². The highest BCUT2D eigenvalue weighted by atomic mass is 19.1. The van der Waals surface area contributed by atoms with Crippen LogP contribution in [0.15, 0.2) is 18.2 Å². The Bertz CT molecular complexity index is 436. The number of hydrogen-bond donors (Lipinski definition) is 2. The van der Waals surface area contributed by atoms with E-state index < -0.39 is 11.5 Å². The van der Waals surface area contributed by atoms with Gasteiger partial charge >= 0.3 is 5.97 Å². The first kappa shape index (κ1) is 14.4. The van der Waals surface area contributed by atoms with Gasteiger partial charge in [-0.25, -0.2) is 4.39 Å². The molecular weight excluding hydrogens is 237 g/mol. The highest BCUT2D eigenvalue weighted by molar-refractivity contribution is 5.78. The minimum absolute atomic E-state index is 0.246. The maximum atomic E-state index is 12.9. The third kappa shape index (κ3) is 3.43. The summed E-state index contributed by atoms with van der Waals surface area (Å²) in [5, 5.41) is 11.8. The van der Waals surface area contributed by atoms with Crippen molar-refractivity contribution in [3.63, 3.8) is 0 Å². The number of benzene rings is 1. The van der Waals surface area contributed by atoms with Gasteiger partial charge in [-0.05, 0) is 44.7 Å². The van der Waals surface area contributed by atoms with Crippen LogP contribution in [0.4, 0.5) is 4.39 Å². The van der Waals surface area contributed by atoms with Gasteiger partial charge in [0.1, 0.15) is 17.1 Å². The van der Waals surface area contributed by atoms with Crippen LogP contribution >= 0.6 is 0 Å². The molecule has 0 radical (unpaired) electrons. The number of likely N-dealkylation sites (N-methyl/N-ethyl adjacent to an activating group) is 1. The lowest BCUT2D eigenvalue weighted by Crippen LogP contribution is -2.48. The van der Waals surface area contributed by atoms with Crippen molar-refractivity contribution in [1.82, 2.24) is 5.32 Å². The van der Waals surface area contributed by atoms with Gasteiger partial charge in [0.15, 0.2) is 0 Å². The van der Waals surface area contributed by atoms with E-state index in [2.05, 4.69) is 5.32 Å². The van der Waals surface area contributed by atoms with Crippen LogP contribution in [-0.4, -0.2) is 30.3 Å². The average Bonchev–Trinajstić information content (AvgIpc) is 2.31. The molecule has 5 heteroatoms. The van der Waals surface area contributed by atoms with Crippen LogP contribution < -0.4 is 10.1 Å². The van der Waals surface area contributed by atoms with Crippen molar-refractivity contribution in [2.45, 2.75) is 25.8 Å². The van der Waals surface area contributed by atoms with Crippen molar-refractivity contribution in [3.05, 3.63) is 29.6 Å². The number of rotatable bonds is 6. The number of ether oxygens (including phenoxy) is 1. The quantitative estimate of drug-likeness (QED) is 0.816. The number of halogens is 1. The first-order valence-electron chi connectivity index (χ1n) is 5.70. The molecule has 0 fully saturated rings. The van der Waals surface area contributed by atoms with Gasteiger partial charge in [0.25, 0.3) is 0 Å². The predicted octanol–water partition coefficient (Wildman–Crippen LogP) is 1.97.